The molecule has 0 saturated heterocycles. The summed E-state index contributed by atoms with van der Waals surface area (Å²) in [7, 11) is 2.01. The van der Waals surface area contributed by atoms with Gasteiger partial charge in [-0.2, -0.15) is 0 Å². The van der Waals surface area contributed by atoms with Gasteiger partial charge in [0.05, 0.1) is 21.2 Å². The third-order valence-corrected chi connectivity index (χ3v) is 4.87. The normalized spacial score (nSPS) is 13.5. The molecule has 6 heteroatoms. The lowest BCUT2D eigenvalue weighted by atomic mass is 9.94. The molecule has 1 aliphatic heterocycles. The fourth-order valence-electron chi connectivity index (χ4n) is 3.05. The lowest BCUT2D eigenvalue weighted by Crippen LogP contribution is -2.25. The van der Waals surface area contributed by atoms with Crippen LogP contribution < -0.4 is 4.90 Å². The Morgan fingerprint density at radius 3 is 2.42 bits per heavy atom. The number of carboxylic acid groups (broad SMARTS) is 1. The van der Waals surface area contributed by atoms with Crippen LogP contribution in [0.25, 0.3) is 0 Å². The highest BCUT2D eigenvalue weighted by Gasteiger charge is 2.25. The molecule has 0 atom stereocenters. The maximum absolute atomic E-state index is 12.9. The molecular formula is C18H15Cl2NO3. The summed E-state index contributed by atoms with van der Waals surface area (Å²) < 4.78 is 0. The van der Waals surface area contributed by atoms with E-state index >= 15 is 0 Å². The van der Waals surface area contributed by atoms with Gasteiger partial charge in [-0.1, -0.05) is 23.2 Å². The minimum atomic E-state index is -1.27. The van der Waals surface area contributed by atoms with E-state index in [0.29, 0.717) is 5.56 Å². The molecule has 0 spiro atoms. The van der Waals surface area contributed by atoms with E-state index in [2.05, 4.69) is 4.90 Å². The highest BCUT2D eigenvalue weighted by molar-refractivity contribution is 6.39. The number of carbonyl (C=O) groups is 2. The van der Waals surface area contributed by atoms with Crippen molar-refractivity contribution in [1.82, 2.24) is 0 Å². The van der Waals surface area contributed by atoms with Crippen LogP contribution in [0.4, 0.5) is 5.69 Å². The van der Waals surface area contributed by atoms with Crippen LogP contribution in [0, 0.1) is 0 Å². The maximum atomic E-state index is 12.9. The topological polar surface area (TPSA) is 57.6 Å². The highest BCUT2D eigenvalue weighted by Crippen LogP contribution is 2.32. The molecule has 0 amide bonds. The molecule has 1 N–H and O–H groups in total. The van der Waals surface area contributed by atoms with Gasteiger partial charge >= 0.3 is 5.97 Å². The summed E-state index contributed by atoms with van der Waals surface area (Å²) in [6.45, 7) is 0.976. The molecule has 1 aliphatic rings. The Hall–Kier alpha value is -2.04. The van der Waals surface area contributed by atoms with E-state index in [9.17, 15) is 14.7 Å². The van der Waals surface area contributed by atoms with Gasteiger partial charge in [0.2, 0.25) is 0 Å². The number of ketones is 1. The minimum absolute atomic E-state index is 0.00653. The number of benzene rings is 2. The zero-order chi connectivity index (χ0) is 17.4. The van der Waals surface area contributed by atoms with Crippen molar-refractivity contribution in [3.8, 4) is 0 Å². The van der Waals surface area contributed by atoms with Crippen LogP contribution in [-0.2, 0) is 6.42 Å². The zero-order valence-electron chi connectivity index (χ0n) is 13.0. The predicted octanol–water partition coefficient (Wildman–Crippen LogP) is 4.31. The summed E-state index contributed by atoms with van der Waals surface area (Å²) in [4.78, 5) is 26.5. The van der Waals surface area contributed by atoms with Gasteiger partial charge in [-0.15, -0.1) is 0 Å². The van der Waals surface area contributed by atoms with Gasteiger partial charge < -0.3 is 10.0 Å². The van der Waals surface area contributed by atoms with Gasteiger partial charge in [0.1, 0.15) is 0 Å². The number of hydrogen-bond donors (Lipinski definition) is 1. The van der Waals surface area contributed by atoms with Crippen molar-refractivity contribution < 1.29 is 14.7 Å². The van der Waals surface area contributed by atoms with E-state index in [0.717, 1.165) is 30.6 Å². The smallest absolute Gasteiger partial charge is 0.338 e. The van der Waals surface area contributed by atoms with Crippen molar-refractivity contribution in [2.45, 2.75) is 12.8 Å². The van der Waals surface area contributed by atoms with Gasteiger partial charge in [0.25, 0.3) is 0 Å². The first kappa shape index (κ1) is 16.8. The molecule has 0 bridgehead atoms. The number of carbonyl (C=O) groups excluding carboxylic acids is 1. The molecule has 124 valence electrons. The van der Waals surface area contributed by atoms with Crippen molar-refractivity contribution in [2.24, 2.45) is 0 Å². The number of nitrogens with zero attached hydrogens (tertiary/aromatic N) is 1. The molecule has 2 aromatic rings. The summed E-state index contributed by atoms with van der Waals surface area (Å²) in [6, 6.07) is 8.23. The molecule has 1 heterocycles. The third-order valence-electron chi connectivity index (χ3n) is 4.24. The summed E-state index contributed by atoms with van der Waals surface area (Å²) in [6.07, 6.45) is 1.90. The van der Waals surface area contributed by atoms with Gasteiger partial charge in [-0.25, -0.2) is 4.79 Å². The summed E-state index contributed by atoms with van der Waals surface area (Å²) in [5.74, 6) is -1.71. The first-order chi connectivity index (χ1) is 11.4. The van der Waals surface area contributed by atoms with Gasteiger partial charge in [-0.3, -0.25) is 4.79 Å². The Morgan fingerprint density at radius 1 is 1.08 bits per heavy atom. The summed E-state index contributed by atoms with van der Waals surface area (Å²) in [5, 5.41) is 9.47. The largest absolute Gasteiger partial charge is 0.478 e. The number of halogens is 2. The average Bonchev–Trinajstić information content (AvgIpc) is 2.55. The standard InChI is InChI=1S/C18H15Cl2NO3/c1-21-8-2-3-10-9-11(4-7-14(10)21)17(22)15-12(19)5-6-13(20)16(15)18(23)24/h4-7,9H,2-3,8H2,1H3,(H,23,24). The Kier molecular flexibility index (Phi) is 4.52. The summed E-state index contributed by atoms with van der Waals surface area (Å²) >= 11 is 12.1. The number of carboxylic acids is 1. The Balaban J connectivity index is 2.11. The second kappa shape index (κ2) is 6.46. The number of rotatable bonds is 3. The molecule has 2 aromatic carbocycles. The maximum Gasteiger partial charge on any atom is 0.338 e. The molecule has 0 unspecified atom stereocenters. The molecular weight excluding hydrogens is 349 g/mol. The van der Waals surface area contributed by atoms with Crippen molar-refractivity contribution in [1.29, 1.82) is 0 Å². The van der Waals surface area contributed by atoms with Crippen LogP contribution in [-0.4, -0.2) is 30.5 Å². The highest BCUT2D eigenvalue weighted by atomic mass is 35.5. The molecule has 0 fully saturated rings. The molecule has 0 radical (unpaired) electrons. The lowest BCUT2D eigenvalue weighted by molar-refractivity contribution is 0.0693. The number of aryl methyl sites for hydroxylation is 1. The molecule has 0 aliphatic carbocycles. The van der Waals surface area contributed by atoms with E-state index in [1.165, 1.54) is 12.1 Å². The van der Waals surface area contributed by atoms with E-state index in [1.54, 1.807) is 6.07 Å². The Morgan fingerprint density at radius 2 is 1.75 bits per heavy atom. The van der Waals surface area contributed by atoms with E-state index in [-0.39, 0.29) is 21.2 Å². The summed E-state index contributed by atoms with van der Waals surface area (Å²) in [5.41, 5.74) is 2.25. The molecule has 0 saturated carbocycles. The van der Waals surface area contributed by atoms with Crippen LogP contribution in [0.2, 0.25) is 10.0 Å². The monoisotopic (exact) mass is 363 g/mol. The van der Waals surface area contributed by atoms with Crippen LogP contribution in [0.15, 0.2) is 30.3 Å². The van der Waals surface area contributed by atoms with E-state index in [4.69, 9.17) is 23.2 Å². The minimum Gasteiger partial charge on any atom is -0.478 e. The third kappa shape index (κ3) is 2.87. The second-order valence-corrected chi connectivity index (χ2v) is 6.60. The lowest BCUT2D eigenvalue weighted by Gasteiger charge is -2.27. The number of hydrogen-bond acceptors (Lipinski definition) is 3. The average molecular weight is 364 g/mol. The first-order valence-corrected chi connectivity index (χ1v) is 8.26. The van der Waals surface area contributed by atoms with Crippen molar-refractivity contribution >= 4 is 40.6 Å². The molecule has 3 rings (SSSR count). The van der Waals surface area contributed by atoms with E-state index < -0.39 is 11.8 Å². The van der Waals surface area contributed by atoms with Gasteiger partial charge in [-0.05, 0) is 48.7 Å². The second-order valence-electron chi connectivity index (χ2n) is 5.78. The fourth-order valence-corrected chi connectivity index (χ4v) is 3.54. The Bertz CT molecular complexity index is 848. The van der Waals surface area contributed by atoms with Crippen LogP contribution >= 0.6 is 23.2 Å². The first-order valence-electron chi connectivity index (χ1n) is 7.50. The predicted molar refractivity (Wildman–Crippen MR) is 94.9 cm³/mol. The van der Waals surface area contributed by atoms with Gasteiger partial charge in [0, 0.05) is 24.8 Å². The van der Waals surface area contributed by atoms with E-state index in [1.807, 2.05) is 19.2 Å². The fraction of sp³-hybridized carbons (Fsp3) is 0.222. The molecule has 4 nitrogen and oxygen atoms in total. The van der Waals surface area contributed by atoms with Crippen LogP contribution in [0.5, 0.6) is 0 Å². The molecule has 0 aromatic heterocycles. The SMILES string of the molecule is CN1CCCc2cc(C(=O)c3c(Cl)ccc(Cl)c3C(=O)O)ccc21. The van der Waals surface area contributed by atoms with Crippen molar-refractivity contribution in [2.75, 3.05) is 18.5 Å². The van der Waals surface area contributed by atoms with Crippen molar-refractivity contribution in [3.63, 3.8) is 0 Å². The molecule has 24 heavy (non-hydrogen) atoms. The Labute approximate surface area is 149 Å². The van der Waals surface area contributed by atoms with Crippen LogP contribution in [0.1, 0.15) is 38.3 Å². The van der Waals surface area contributed by atoms with Crippen LogP contribution in [0.3, 0.4) is 0 Å². The number of fused-ring (bicyclic) bond motifs is 1. The van der Waals surface area contributed by atoms with Gasteiger partial charge in [0.15, 0.2) is 5.78 Å². The number of aromatic carboxylic acids is 1. The zero-order valence-corrected chi connectivity index (χ0v) is 14.5. The van der Waals surface area contributed by atoms with Crippen molar-refractivity contribution in [3.05, 3.63) is 62.6 Å². The number of anilines is 1. The quantitative estimate of drug-likeness (QED) is 0.825.